The van der Waals surface area contributed by atoms with Crippen LogP contribution in [0.2, 0.25) is 5.02 Å². The van der Waals surface area contributed by atoms with E-state index in [-0.39, 0.29) is 16.7 Å². The number of hydrogen-bond donors (Lipinski definition) is 0. The van der Waals surface area contributed by atoms with Crippen molar-refractivity contribution in [2.45, 2.75) is 19.3 Å². The van der Waals surface area contributed by atoms with Crippen LogP contribution in [0.4, 0.5) is 4.39 Å². The van der Waals surface area contributed by atoms with Gasteiger partial charge < -0.3 is 0 Å². The number of carbonyl (C=O) groups is 1. The second-order valence-corrected chi connectivity index (χ2v) is 4.77. The van der Waals surface area contributed by atoms with E-state index in [0.29, 0.717) is 12.0 Å². The number of halogens is 2. The lowest BCUT2D eigenvalue weighted by atomic mass is 9.88. The van der Waals surface area contributed by atoms with E-state index in [1.807, 2.05) is 37.3 Å². The highest BCUT2D eigenvalue weighted by atomic mass is 35.5. The van der Waals surface area contributed by atoms with Gasteiger partial charge in [-0.25, -0.2) is 4.39 Å². The van der Waals surface area contributed by atoms with Gasteiger partial charge in [0, 0.05) is 11.5 Å². The third kappa shape index (κ3) is 3.02. The Labute approximate surface area is 117 Å². The first kappa shape index (κ1) is 13.8. The Morgan fingerprint density at radius 2 is 1.89 bits per heavy atom. The minimum absolute atomic E-state index is 0.0706. The zero-order valence-electron chi connectivity index (χ0n) is 10.6. The van der Waals surface area contributed by atoms with Crippen molar-refractivity contribution in [1.82, 2.24) is 0 Å². The van der Waals surface area contributed by atoms with Crippen LogP contribution in [0.5, 0.6) is 0 Å². The summed E-state index contributed by atoms with van der Waals surface area (Å²) in [4.78, 5) is 12.5. The summed E-state index contributed by atoms with van der Waals surface area (Å²) in [6, 6.07) is 13.4. The summed E-state index contributed by atoms with van der Waals surface area (Å²) < 4.78 is 13.0. The molecule has 0 saturated heterocycles. The molecular formula is C16H14ClFO. The Hall–Kier alpha value is -1.67. The van der Waals surface area contributed by atoms with E-state index in [4.69, 9.17) is 11.6 Å². The standard InChI is InChI=1S/C16H14ClFO/c1-2-13(11-6-4-3-5-7-11)16(19)14-9-8-12(18)10-15(14)17/h3-10,13H,2H2,1H3. The average molecular weight is 277 g/mol. The molecule has 1 nitrogen and oxygen atoms in total. The van der Waals surface area contributed by atoms with Crippen molar-refractivity contribution in [2.24, 2.45) is 0 Å². The molecule has 3 heteroatoms. The quantitative estimate of drug-likeness (QED) is 0.729. The van der Waals surface area contributed by atoms with Gasteiger partial charge in [-0.3, -0.25) is 4.79 Å². The number of rotatable bonds is 4. The van der Waals surface area contributed by atoms with Crippen LogP contribution < -0.4 is 0 Å². The molecule has 0 N–H and O–H groups in total. The zero-order chi connectivity index (χ0) is 13.8. The van der Waals surface area contributed by atoms with Gasteiger partial charge in [0.05, 0.1) is 5.02 Å². The van der Waals surface area contributed by atoms with Gasteiger partial charge in [-0.15, -0.1) is 0 Å². The van der Waals surface area contributed by atoms with E-state index >= 15 is 0 Å². The van der Waals surface area contributed by atoms with Gasteiger partial charge in [0.2, 0.25) is 0 Å². The van der Waals surface area contributed by atoms with Crippen LogP contribution in [0.25, 0.3) is 0 Å². The highest BCUT2D eigenvalue weighted by molar-refractivity contribution is 6.34. The Morgan fingerprint density at radius 1 is 1.21 bits per heavy atom. The van der Waals surface area contributed by atoms with Crippen molar-refractivity contribution in [3.63, 3.8) is 0 Å². The lowest BCUT2D eigenvalue weighted by Crippen LogP contribution is -2.12. The minimum Gasteiger partial charge on any atom is -0.293 e. The van der Waals surface area contributed by atoms with Crippen molar-refractivity contribution in [2.75, 3.05) is 0 Å². The maximum absolute atomic E-state index is 13.0. The third-order valence-corrected chi connectivity index (χ3v) is 3.44. The van der Waals surface area contributed by atoms with Crippen molar-refractivity contribution in [1.29, 1.82) is 0 Å². The first-order chi connectivity index (χ1) is 9.13. The molecule has 0 spiro atoms. The summed E-state index contributed by atoms with van der Waals surface area (Å²) in [6.07, 6.45) is 0.677. The van der Waals surface area contributed by atoms with E-state index in [9.17, 15) is 9.18 Å². The molecule has 0 aromatic heterocycles. The number of hydrogen-bond acceptors (Lipinski definition) is 1. The fourth-order valence-electron chi connectivity index (χ4n) is 2.13. The molecule has 0 saturated carbocycles. The van der Waals surface area contributed by atoms with Crippen LogP contribution in [-0.4, -0.2) is 5.78 Å². The highest BCUT2D eigenvalue weighted by Gasteiger charge is 2.22. The van der Waals surface area contributed by atoms with Gasteiger partial charge in [0.15, 0.2) is 5.78 Å². The number of ketones is 1. The Balaban J connectivity index is 2.36. The third-order valence-electron chi connectivity index (χ3n) is 3.12. The second-order valence-electron chi connectivity index (χ2n) is 4.36. The molecule has 0 heterocycles. The largest absolute Gasteiger partial charge is 0.293 e. The molecule has 0 aliphatic heterocycles. The summed E-state index contributed by atoms with van der Waals surface area (Å²) in [5.74, 6) is -0.753. The monoisotopic (exact) mass is 276 g/mol. The van der Waals surface area contributed by atoms with E-state index in [2.05, 4.69) is 0 Å². The predicted molar refractivity (Wildman–Crippen MR) is 75.2 cm³/mol. The van der Waals surface area contributed by atoms with Gasteiger partial charge in [-0.05, 0) is 30.2 Å². The van der Waals surface area contributed by atoms with Crippen LogP contribution in [0, 0.1) is 5.82 Å². The van der Waals surface area contributed by atoms with Crippen LogP contribution in [-0.2, 0) is 0 Å². The van der Waals surface area contributed by atoms with Crippen molar-refractivity contribution in [3.05, 3.63) is 70.5 Å². The van der Waals surface area contributed by atoms with Crippen LogP contribution >= 0.6 is 11.6 Å². The molecule has 1 atom stereocenters. The fraction of sp³-hybridized carbons (Fsp3) is 0.188. The normalized spacial score (nSPS) is 12.2. The molecule has 0 amide bonds. The van der Waals surface area contributed by atoms with Crippen LogP contribution in [0.3, 0.4) is 0 Å². The smallest absolute Gasteiger partial charge is 0.171 e. The molecule has 2 aromatic rings. The molecule has 0 fully saturated rings. The van der Waals surface area contributed by atoms with E-state index < -0.39 is 5.82 Å². The maximum atomic E-state index is 13.0. The Morgan fingerprint density at radius 3 is 2.47 bits per heavy atom. The molecule has 0 aliphatic carbocycles. The molecule has 2 rings (SSSR count). The van der Waals surface area contributed by atoms with Crippen molar-refractivity contribution in [3.8, 4) is 0 Å². The predicted octanol–water partition coefficient (Wildman–Crippen LogP) is 4.86. The lowest BCUT2D eigenvalue weighted by molar-refractivity contribution is 0.0957. The van der Waals surface area contributed by atoms with Crippen LogP contribution in [0.15, 0.2) is 48.5 Å². The molecule has 19 heavy (non-hydrogen) atoms. The van der Waals surface area contributed by atoms with Crippen molar-refractivity contribution >= 4 is 17.4 Å². The van der Waals surface area contributed by atoms with Gasteiger partial charge in [0.1, 0.15) is 5.82 Å². The first-order valence-electron chi connectivity index (χ1n) is 6.17. The zero-order valence-corrected chi connectivity index (χ0v) is 11.3. The topological polar surface area (TPSA) is 17.1 Å². The van der Waals surface area contributed by atoms with Gasteiger partial charge in [0.25, 0.3) is 0 Å². The summed E-state index contributed by atoms with van der Waals surface area (Å²) >= 11 is 5.95. The van der Waals surface area contributed by atoms with Gasteiger partial charge >= 0.3 is 0 Å². The first-order valence-corrected chi connectivity index (χ1v) is 6.55. The Bertz CT molecular complexity index is 581. The molecule has 0 aliphatic rings. The number of Topliss-reactive ketones (excluding diaryl/α,β-unsaturated/α-hetero) is 1. The van der Waals surface area contributed by atoms with Gasteiger partial charge in [-0.2, -0.15) is 0 Å². The van der Waals surface area contributed by atoms with E-state index in [1.54, 1.807) is 0 Å². The molecule has 98 valence electrons. The maximum Gasteiger partial charge on any atom is 0.171 e. The number of carbonyl (C=O) groups excluding carboxylic acids is 1. The second kappa shape index (κ2) is 5.98. The number of benzene rings is 2. The molecule has 0 bridgehead atoms. The van der Waals surface area contributed by atoms with Gasteiger partial charge in [-0.1, -0.05) is 48.9 Å². The average Bonchev–Trinajstić information content (AvgIpc) is 2.40. The summed E-state index contributed by atoms with van der Waals surface area (Å²) in [7, 11) is 0. The Kier molecular flexibility index (Phi) is 4.33. The lowest BCUT2D eigenvalue weighted by Gasteiger charge is -2.15. The summed E-state index contributed by atoms with van der Waals surface area (Å²) in [5, 5.41) is 0.166. The van der Waals surface area contributed by atoms with E-state index in [1.165, 1.54) is 18.2 Å². The molecule has 0 radical (unpaired) electrons. The van der Waals surface area contributed by atoms with E-state index in [0.717, 1.165) is 5.56 Å². The molecule has 1 unspecified atom stereocenters. The summed E-state index contributed by atoms with van der Waals surface area (Å²) in [5.41, 5.74) is 1.33. The fourth-order valence-corrected chi connectivity index (χ4v) is 2.40. The van der Waals surface area contributed by atoms with Crippen LogP contribution in [0.1, 0.15) is 35.2 Å². The van der Waals surface area contributed by atoms with Crippen molar-refractivity contribution < 1.29 is 9.18 Å². The molecule has 2 aromatic carbocycles. The minimum atomic E-state index is -0.436. The molecular weight excluding hydrogens is 263 g/mol. The summed E-state index contributed by atoms with van der Waals surface area (Å²) in [6.45, 7) is 1.95. The SMILES string of the molecule is CCC(C(=O)c1ccc(F)cc1Cl)c1ccccc1. The highest BCUT2D eigenvalue weighted by Crippen LogP contribution is 2.28.